The topological polar surface area (TPSA) is 3.24 Å². The maximum absolute atomic E-state index is 12.1. The van der Waals surface area contributed by atoms with E-state index in [4.69, 9.17) is 0 Å². The highest BCUT2D eigenvalue weighted by atomic mass is 35.5. The average molecular weight is 162 g/mol. The van der Waals surface area contributed by atoms with Crippen molar-refractivity contribution in [2.75, 3.05) is 14.1 Å². The molecule has 0 amide bonds. The van der Waals surface area contributed by atoms with Crippen molar-refractivity contribution in [3.63, 3.8) is 0 Å². The summed E-state index contributed by atoms with van der Waals surface area (Å²) in [6.45, 7) is 0. The number of rotatable bonds is 2. The first-order chi connectivity index (χ1) is 3.89. The van der Waals surface area contributed by atoms with Crippen LogP contribution in [0.4, 0.5) is 13.2 Å². The van der Waals surface area contributed by atoms with Crippen molar-refractivity contribution >= 4 is 11.6 Å². The van der Waals surface area contributed by atoms with Gasteiger partial charge in [0.2, 0.25) is 0 Å². The first-order valence-electron chi connectivity index (χ1n) is 2.22. The normalized spacial score (nSPS) is 16.3. The summed E-state index contributed by atoms with van der Waals surface area (Å²) >= 11 is 4.51. The highest BCUT2D eigenvalue weighted by Crippen LogP contribution is 2.25. The zero-order chi connectivity index (χ0) is 7.65. The van der Waals surface area contributed by atoms with Gasteiger partial charge in [-0.2, -0.15) is 8.78 Å². The van der Waals surface area contributed by atoms with Crippen molar-refractivity contribution in [2.45, 2.75) is 11.7 Å². The van der Waals surface area contributed by atoms with Gasteiger partial charge in [0.05, 0.1) is 0 Å². The van der Waals surface area contributed by atoms with Gasteiger partial charge >= 0.3 is 6.05 Å². The molecule has 0 spiro atoms. The summed E-state index contributed by atoms with van der Waals surface area (Å²) in [4.78, 5) is 0.421. The van der Waals surface area contributed by atoms with E-state index in [9.17, 15) is 13.2 Å². The second kappa shape index (κ2) is 2.75. The fourth-order valence-electron chi connectivity index (χ4n) is 0.195. The minimum Gasteiger partial charge on any atom is -0.247 e. The summed E-state index contributed by atoms with van der Waals surface area (Å²) in [6.07, 6.45) is 0. The van der Waals surface area contributed by atoms with E-state index in [0.29, 0.717) is 4.90 Å². The van der Waals surface area contributed by atoms with Gasteiger partial charge in [0, 0.05) is 0 Å². The fraction of sp³-hybridized carbons (Fsp3) is 1.00. The molecule has 0 heterocycles. The van der Waals surface area contributed by atoms with Crippen molar-refractivity contribution < 1.29 is 13.2 Å². The summed E-state index contributed by atoms with van der Waals surface area (Å²) in [5, 5.41) is 0. The molecule has 0 rings (SSSR count). The third kappa shape index (κ3) is 2.02. The van der Waals surface area contributed by atoms with Crippen LogP contribution in [0, 0.1) is 0 Å². The molecule has 0 saturated heterocycles. The Kier molecular flexibility index (Phi) is 2.76. The van der Waals surface area contributed by atoms with E-state index in [2.05, 4.69) is 11.6 Å². The molecule has 56 valence electrons. The van der Waals surface area contributed by atoms with Crippen LogP contribution in [0.3, 0.4) is 0 Å². The molecular formula is C4H7ClF3N. The SMILES string of the molecule is CN(C)C(F)(F)C(F)Cl. The largest absolute Gasteiger partial charge is 0.349 e. The van der Waals surface area contributed by atoms with Gasteiger partial charge in [0.1, 0.15) is 0 Å². The van der Waals surface area contributed by atoms with E-state index >= 15 is 0 Å². The van der Waals surface area contributed by atoms with Crippen molar-refractivity contribution in [2.24, 2.45) is 0 Å². The molecule has 0 saturated carbocycles. The molecule has 0 aromatic carbocycles. The van der Waals surface area contributed by atoms with Gasteiger partial charge in [0.25, 0.3) is 5.63 Å². The lowest BCUT2D eigenvalue weighted by atomic mass is 10.5. The highest BCUT2D eigenvalue weighted by molar-refractivity contribution is 6.20. The Morgan fingerprint density at radius 3 is 1.78 bits per heavy atom. The Hall–Kier alpha value is 0.0400. The molecule has 0 aromatic rings. The predicted octanol–water partition coefficient (Wildman–Crippen LogP) is 1.68. The third-order valence-electron chi connectivity index (χ3n) is 0.859. The number of hydrogen-bond donors (Lipinski definition) is 0. The van der Waals surface area contributed by atoms with Gasteiger partial charge in [-0.3, -0.25) is 0 Å². The summed E-state index contributed by atoms with van der Waals surface area (Å²) in [7, 11) is 2.10. The van der Waals surface area contributed by atoms with Crippen LogP contribution in [0.1, 0.15) is 0 Å². The number of halogens is 4. The van der Waals surface area contributed by atoms with Gasteiger partial charge < -0.3 is 0 Å². The molecular weight excluding hydrogens is 154 g/mol. The van der Waals surface area contributed by atoms with Crippen LogP contribution in [0.2, 0.25) is 0 Å². The molecule has 9 heavy (non-hydrogen) atoms. The van der Waals surface area contributed by atoms with Crippen LogP contribution in [0.25, 0.3) is 0 Å². The third-order valence-corrected chi connectivity index (χ3v) is 1.12. The molecule has 1 unspecified atom stereocenters. The molecule has 0 aliphatic carbocycles. The molecule has 0 bridgehead atoms. The Morgan fingerprint density at radius 1 is 1.44 bits per heavy atom. The maximum atomic E-state index is 12.1. The first-order valence-corrected chi connectivity index (χ1v) is 2.66. The Balaban J connectivity index is 4.01. The average Bonchev–Trinajstić information content (AvgIpc) is 1.65. The second-order valence-electron chi connectivity index (χ2n) is 1.78. The van der Waals surface area contributed by atoms with Crippen molar-refractivity contribution in [1.29, 1.82) is 0 Å². The van der Waals surface area contributed by atoms with Crippen molar-refractivity contribution in [1.82, 2.24) is 4.90 Å². The lowest BCUT2D eigenvalue weighted by molar-refractivity contribution is -0.148. The standard InChI is InChI=1S/C4H7ClF3N/c1-9(2)4(7,8)3(5)6/h3H,1-2H3. The fourth-order valence-corrected chi connectivity index (χ4v) is 0.390. The summed E-state index contributed by atoms with van der Waals surface area (Å²) in [5.74, 6) is 0. The number of alkyl halides is 4. The van der Waals surface area contributed by atoms with Crippen LogP contribution in [-0.2, 0) is 0 Å². The molecule has 0 radical (unpaired) electrons. The van der Waals surface area contributed by atoms with Crippen LogP contribution >= 0.6 is 11.6 Å². The molecule has 1 nitrogen and oxygen atoms in total. The minimum absolute atomic E-state index is 0.421. The van der Waals surface area contributed by atoms with Crippen molar-refractivity contribution in [3.8, 4) is 0 Å². The van der Waals surface area contributed by atoms with Crippen molar-refractivity contribution in [3.05, 3.63) is 0 Å². The summed E-state index contributed by atoms with van der Waals surface area (Å²) < 4.78 is 35.9. The lowest BCUT2D eigenvalue weighted by Crippen LogP contribution is -2.41. The monoisotopic (exact) mass is 161 g/mol. The van der Waals surface area contributed by atoms with E-state index < -0.39 is 11.7 Å². The smallest absolute Gasteiger partial charge is 0.247 e. The van der Waals surface area contributed by atoms with Gasteiger partial charge in [-0.15, -0.1) is 0 Å². The van der Waals surface area contributed by atoms with Crippen LogP contribution < -0.4 is 0 Å². The molecule has 0 aromatic heterocycles. The van der Waals surface area contributed by atoms with E-state index in [-0.39, 0.29) is 0 Å². The molecule has 0 aliphatic rings. The van der Waals surface area contributed by atoms with E-state index in [1.807, 2.05) is 0 Å². The quantitative estimate of drug-likeness (QED) is 0.440. The van der Waals surface area contributed by atoms with Gasteiger partial charge in [-0.1, -0.05) is 11.6 Å². The Labute approximate surface area is 56.4 Å². The number of nitrogens with zero attached hydrogens (tertiary/aromatic N) is 1. The second-order valence-corrected chi connectivity index (χ2v) is 2.17. The van der Waals surface area contributed by atoms with Crippen LogP contribution in [0.15, 0.2) is 0 Å². The lowest BCUT2D eigenvalue weighted by Gasteiger charge is -2.22. The highest BCUT2D eigenvalue weighted by Gasteiger charge is 2.41. The molecule has 5 heteroatoms. The van der Waals surface area contributed by atoms with E-state index in [0.717, 1.165) is 14.1 Å². The van der Waals surface area contributed by atoms with Gasteiger partial charge in [-0.05, 0) is 14.1 Å². The van der Waals surface area contributed by atoms with Crippen LogP contribution in [0.5, 0.6) is 0 Å². The van der Waals surface area contributed by atoms with Gasteiger partial charge in [0.15, 0.2) is 0 Å². The Bertz CT molecular complexity index is 83.8. The zero-order valence-corrected chi connectivity index (χ0v) is 5.79. The van der Waals surface area contributed by atoms with E-state index in [1.165, 1.54) is 0 Å². The first kappa shape index (κ1) is 9.04. The molecule has 0 aliphatic heterocycles. The molecule has 1 atom stereocenters. The molecule has 0 N–H and O–H groups in total. The summed E-state index contributed by atoms with van der Waals surface area (Å²) in [6, 6.07) is -3.57. The maximum Gasteiger partial charge on any atom is 0.349 e. The predicted molar refractivity (Wildman–Crippen MR) is 29.4 cm³/mol. The summed E-state index contributed by atoms with van der Waals surface area (Å²) in [5.41, 5.74) is -2.65. The van der Waals surface area contributed by atoms with Gasteiger partial charge in [-0.25, -0.2) is 9.29 Å². The zero-order valence-electron chi connectivity index (χ0n) is 5.04. The minimum atomic E-state index is -3.57. The Morgan fingerprint density at radius 2 is 1.78 bits per heavy atom. The number of hydrogen-bond acceptors (Lipinski definition) is 1. The van der Waals surface area contributed by atoms with E-state index in [1.54, 1.807) is 0 Å². The molecule has 0 fully saturated rings. The van der Waals surface area contributed by atoms with Crippen LogP contribution in [-0.4, -0.2) is 30.7 Å².